The maximum Gasteiger partial charge on any atom is 0.170 e. The van der Waals surface area contributed by atoms with Crippen LogP contribution in [0.4, 0.5) is 0 Å². The highest BCUT2D eigenvalue weighted by atomic mass is 16.5. The number of aromatic nitrogens is 1. The summed E-state index contributed by atoms with van der Waals surface area (Å²) in [7, 11) is 0. The lowest BCUT2D eigenvalue weighted by Gasteiger charge is -2.23. The lowest BCUT2D eigenvalue weighted by Crippen LogP contribution is -2.42. The van der Waals surface area contributed by atoms with Crippen molar-refractivity contribution in [1.82, 2.24) is 10.5 Å². The van der Waals surface area contributed by atoms with E-state index in [-0.39, 0.29) is 12.1 Å². The number of rotatable bonds is 5. The number of benzene rings is 1. The van der Waals surface area contributed by atoms with E-state index in [1.165, 1.54) is 0 Å². The van der Waals surface area contributed by atoms with Gasteiger partial charge in [0.1, 0.15) is 18.5 Å². The number of aliphatic hydroxyl groups is 1. The molecule has 5 heteroatoms. The second-order valence-electron chi connectivity index (χ2n) is 6.45. The van der Waals surface area contributed by atoms with Gasteiger partial charge in [0.15, 0.2) is 5.58 Å². The summed E-state index contributed by atoms with van der Waals surface area (Å²) in [6.07, 6.45) is -0.570. The Kier molecular flexibility index (Phi) is 4.54. The van der Waals surface area contributed by atoms with Crippen LogP contribution in [0.2, 0.25) is 0 Å². The maximum atomic E-state index is 10.0. The lowest BCUT2D eigenvalue weighted by atomic mass is 10.1. The van der Waals surface area contributed by atoms with E-state index in [4.69, 9.17) is 9.26 Å². The van der Waals surface area contributed by atoms with E-state index in [0.29, 0.717) is 12.1 Å². The molecule has 2 aromatic rings. The quantitative estimate of drug-likeness (QED) is 0.886. The van der Waals surface area contributed by atoms with Crippen LogP contribution in [0.15, 0.2) is 16.7 Å². The average Bonchev–Trinajstić information content (AvgIpc) is 2.76. The molecule has 1 aromatic heterocycles. The maximum absolute atomic E-state index is 10.0. The van der Waals surface area contributed by atoms with Gasteiger partial charge in [-0.05, 0) is 46.2 Å². The zero-order chi connectivity index (χ0) is 15.6. The second kappa shape index (κ2) is 6.03. The Morgan fingerprint density at radius 2 is 2.05 bits per heavy atom. The zero-order valence-electron chi connectivity index (χ0n) is 13.4. The molecule has 0 aliphatic rings. The Hall–Kier alpha value is -1.59. The van der Waals surface area contributed by atoms with E-state index in [1.54, 1.807) is 0 Å². The molecule has 5 nitrogen and oxygen atoms in total. The van der Waals surface area contributed by atoms with E-state index in [2.05, 4.69) is 31.2 Å². The number of hydrogen-bond donors (Lipinski definition) is 2. The number of nitrogens with zero attached hydrogens (tertiary/aromatic N) is 1. The molecule has 0 saturated carbocycles. The predicted octanol–water partition coefficient (Wildman–Crippen LogP) is 2.57. The standard InChI is InChI=1S/C16H24N2O3/c1-10-6-7-13-14(11(2)18-21-13)15(10)20-9-12(19)8-17-16(3,4)5/h6-7,12,17,19H,8-9H2,1-5H3. The van der Waals surface area contributed by atoms with Crippen molar-refractivity contribution in [2.45, 2.75) is 46.3 Å². The van der Waals surface area contributed by atoms with Crippen molar-refractivity contribution in [3.05, 3.63) is 23.4 Å². The highest BCUT2D eigenvalue weighted by Gasteiger charge is 2.16. The first kappa shape index (κ1) is 15.8. The molecule has 0 amide bonds. The minimum atomic E-state index is -0.570. The normalized spacial score (nSPS) is 13.6. The van der Waals surface area contributed by atoms with Crippen molar-refractivity contribution in [3.8, 4) is 5.75 Å². The van der Waals surface area contributed by atoms with E-state index in [0.717, 1.165) is 22.4 Å². The molecule has 2 N–H and O–H groups in total. The van der Waals surface area contributed by atoms with Crippen LogP contribution in [-0.2, 0) is 0 Å². The molecular formula is C16H24N2O3. The Bertz CT molecular complexity index is 614. The van der Waals surface area contributed by atoms with Crippen molar-refractivity contribution < 1.29 is 14.4 Å². The van der Waals surface area contributed by atoms with Gasteiger partial charge in [0.2, 0.25) is 0 Å². The van der Waals surface area contributed by atoms with Gasteiger partial charge in [-0.1, -0.05) is 11.2 Å². The number of nitrogens with one attached hydrogen (secondary N) is 1. The molecule has 0 saturated heterocycles. The largest absolute Gasteiger partial charge is 0.490 e. The van der Waals surface area contributed by atoms with Crippen LogP contribution in [0.25, 0.3) is 11.0 Å². The van der Waals surface area contributed by atoms with Crippen LogP contribution in [0.5, 0.6) is 5.75 Å². The van der Waals surface area contributed by atoms with Crippen molar-refractivity contribution >= 4 is 11.0 Å². The summed E-state index contributed by atoms with van der Waals surface area (Å²) in [4.78, 5) is 0. The number of β-amino-alcohol motifs (C(OH)–C–C–N with tert-alkyl or cyclic N) is 1. The summed E-state index contributed by atoms with van der Waals surface area (Å²) in [6.45, 7) is 10.8. The van der Waals surface area contributed by atoms with Gasteiger partial charge in [0.05, 0.1) is 11.1 Å². The molecule has 1 unspecified atom stereocenters. The Balaban J connectivity index is 2.06. The Labute approximate surface area is 125 Å². The summed E-state index contributed by atoms with van der Waals surface area (Å²) in [6, 6.07) is 3.82. The highest BCUT2D eigenvalue weighted by Crippen LogP contribution is 2.32. The van der Waals surface area contributed by atoms with E-state index in [9.17, 15) is 5.11 Å². The van der Waals surface area contributed by atoms with Gasteiger partial charge < -0.3 is 19.7 Å². The molecule has 0 bridgehead atoms. The van der Waals surface area contributed by atoms with Gasteiger partial charge in [0.25, 0.3) is 0 Å². The smallest absolute Gasteiger partial charge is 0.170 e. The van der Waals surface area contributed by atoms with Crippen LogP contribution in [-0.4, -0.2) is 35.1 Å². The van der Waals surface area contributed by atoms with Crippen LogP contribution in [0, 0.1) is 13.8 Å². The zero-order valence-corrected chi connectivity index (χ0v) is 13.4. The van der Waals surface area contributed by atoms with Crippen molar-refractivity contribution in [2.75, 3.05) is 13.2 Å². The number of aryl methyl sites for hydroxylation is 2. The molecule has 0 spiro atoms. The highest BCUT2D eigenvalue weighted by molar-refractivity contribution is 5.87. The molecule has 21 heavy (non-hydrogen) atoms. The number of fused-ring (bicyclic) bond motifs is 1. The third-order valence-electron chi connectivity index (χ3n) is 3.25. The number of hydrogen-bond acceptors (Lipinski definition) is 5. The van der Waals surface area contributed by atoms with Crippen molar-refractivity contribution in [3.63, 3.8) is 0 Å². The van der Waals surface area contributed by atoms with Crippen LogP contribution in [0.3, 0.4) is 0 Å². The SMILES string of the molecule is Cc1ccc2onc(C)c2c1OCC(O)CNC(C)(C)C. The molecule has 1 aromatic carbocycles. The Morgan fingerprint density at radius 3 is 2.71 bits per heavy atom. The minimum absolute atomic E-state index is 0.0258. The summed E-state index contributed by atoms with van der Waals surface area (Å²) in [5.74, 6) is 0.737. The van der Waals surface area contributed by atoms with Gasteiger partial charge in [-0.15, -0.1) is 0 Å². The molecule has 1 heterocycles. The van der Waals surface area contributed by atoms with Gasteiger partial charge >= 0.3 is 0 Å². The van der Waals surface area contributed by atoms with Gasteiger partial charge in [-0.2, -0.15) is 0 Å². The van der Waals surface area contributed by atoms with Crippen LogP contribution < -0.4 is 10.1 Å². The van der Waals surface area contributed by atoms with E-state index < -0.39 is 6.10 Å². The first-order valence-electron chi connectivity index (χ1n) is 7.19. The molecule has 0 radical (unpaired) electrons. The molecule has 2 rings (SSSR count). The third-order valence-corrected chi connectivity index (χ3v) is 3.25. The van der Waals surface area contributed by atoms with Crippen molar-refractivity contribution in [1.29, 1.82) is 0 Å². The topological polar surface area (TPSA) is 67.5 Å². The summed E-state index contributed by atoms with van der Waals surface area (Å²) in [5.41, 5.74) is 2.48. The van der Waals surface area contributed by atoms with Gasteiger partial charge in [-0.3, -0.25) is 0 Å². The van der Waals surface area contributed by atoms with E-state index >= 15 is 0 Å². The molecule has 1 atom stereocenters. The summed E-state index contributed by atoms with van der Waals surface area (Å²) < 4.78 is 11.1. The number of ether oxygens (including phenoxy) is 1. The average molecular weight is 292 g/mol. The summed E-state index contributed by atoms with van der Waals surface area (Å²) in [5, 5.41) is 18.1. The number of aliphatic hydroxyl groups excluding tert-OH is 1. The predicted molar refractivity (Wildman–Crippen MR) is 82.7 cm³/mol. The van der Waals surface area contributed by atoms with E-state index in [1.807, 2.05) is 26.0 Å². The van der Waals surface area contributed by atoms with Crippen molar-refractivity contribution in [2.24, 2.45) is 0 Å². The molecule has 0 fully saturated rings. The fourth-order valence-electron chi connectivity index (χ4n) is 2.10. The molecule has 0 aliphatic heterocycles. The molecular weight excluding hydrogens is 268 g/mol. The van der Waals surface area contributed by atoms with Gasteiger partial charge in [-0.25, -0.2) is 0 Å². The fourth-order valence-corrected chi connectivity index (χ4v) is 2.10. The summed E-state index contributed by atoms with van der Waals surface area (Å²) >= 11 is 0. The molecule has 116 valence electrons. The third kappa shape index (κ3) is 3.95. The monoisotopic (exact) mass is 292 g/mol. The molecule has 0 aliphatic carbocycles. The Morgan fingerprint density at radius 1 is 1.33 bits per heavy atom. The first-order valence-corrected chi connectivity index (χ1v) is 7.19. The minimum Gasteiger partial charge on any atom is -0.490 e. The lowest BCUT2D eigenvalue weighted by molar-refractivity contribution is 0.100. The van der Waals surface area contributed by atoms with Crippen LogP contribution >= 0.6 is 0 Å². The van der Waals surface area contributed by atoms with Crippen LogP contribution in [0.1, 0.15) is 32.0 Å². The fraction of sp³-hybridized carbons (Fsp3) is 0.562. The first-order chi connectivity index (χ1) is 9.78. The second-order valence-corrected chi connectivity index (χ2v) is 6.45. The van der Waals surface area contributed by atoms with Gasteiger partial charge in [0, 0.05) is 12.1 Å².